The Bertz CT molecular complexity index is 1020. The maximum absolute atomic E-state index is 12.0. The number of aryl methyl sites for hydroxylation is 1. The van der Waals surface area contributed by atoms with Crippen LogP contribution in [0.5, 0.6) is 17.2 Å². The average molecular weight is 433 g/mol. The number of amides is 1. The van der Waals surface area contributed by atoms with E-state index in [1.165, 1.54) is 5.56 Å². The third-order valence-electron chi connectivity index (χ3n) is 4.75. The van der Waals surface area contributed by atoms with Crippen molar-refractivity contribution in [2.24, 2.45) is 5.10 Å². The third-order valence-corrected chi connectivity index (χ3v) is 4.75. The van der Waals surface area contributed by atoms with Crippen LogP contribution in [0.3, 0.4) is 0 Å². The molecule has 0 saturated carbocycles. The summed E-state index contributed by atoms with van der Waals surface area (Å²) in [7, 11) is 1.59. The highest BCUT2D eigenvalue weighted by molar-refractivity contribution is 5.94. The quantitative estimate of drug-likeness (QED) is 0.267. The van der Waals surface area contributed by atoms with Crippen LogP contribution < -0.4 is 19.6 Å². The lowest BCUT2D eigenvalue weighted by Crippen LogP contribution is -2.17. The molecular formula is C26H28N2O4. The zero-order chi connectivity index (χ0) is 22.6. The largest absolute Gasteiger partial charge is 0.493 e. The summed E-state index contributed by atoms with van der Waals surface area (Å²) in [6.45, 7) is 3.20. The van der Waals surface area contributed by atoms with Gasteiger partial charge in [-0.1, -0.05) is 37.3 Å². The number of methoxy groups -OCH3 is 1. The van der Waals surface area contributed by atoms with Crippen molar-refractivity contribution < 1.29 is 19.0 Å². The molecule has 32 heavy (non-hydrogen) atoms. The second-order valence-electron chi connectivity index (χ2n) is 7.02. The molecule has 0 saturated heterocycles. The van der Waals surface area contributed by atoms with Crippen LogP contribution in [0.25, 0.3) is 0 Å². The normalized spacial score (nSPS) is 10.7. The molecule has 6 heteroatoms. The smallest absolute Gasteiger partial charge is 0.271 e. The first kappa shape index (κ1) is 22.9. The predicted molar refractivity (Wildman–Crippen MR) is 126 cm³/mol. The molecule has 0 aliphatic carbocycles. The Morgan fingerprint density at radius 1 is 0.938 bits per heavy atom. The Kier molecular flexibility index (Phi) is 8.69. The standard InChI is InChI=1S/C26H28N2O4/c1-3-20-10-13-23(14-11-20)31-16-7-17-32-24-15-12-21(18-25(24)30-2)19-27-28-26(29)22-8-5-4-6-9-22/h4-6,8-15,18-19H,3,7,16-17H2,1-2H3,(H,28,29)/b27-19-. The highest BCUT2D eigenvalue weighted by Gasteiger charge is 2.06. The average Bonchev–Trinajstić information content (AvgIpc) is 2.85. The zero-order valence-corrected chi connectivity index (χ0v) is 18.4. The van der Waals surface area contributed by atoms with E-state index in [9.17, 15) is 4.79 Å². The molecule has 0 fully saturated rings. The van der Waals surface area contributed by atoms with Gasteiger partial charge in [-0.15, -0.1) is 0 Å². The van der Waals surface area contributed by atoms with E-state index in [0.29, 0.717) is 30.3 Å². The fourth-order valence-electron chi connectivity index (χ4n) is 2.96. The molecule has 3 aromatic carbocycles. The summed E-state index contributed by atoms with van der Waals surface area (Å²) >= 11 is 0. The number of nitrogens with one attached hydrogen (secondary N) is 1. The van der Waals surface area contributed by atoms with Gasteiger partial charge in [0.05, 0.1) is 26.5 Å². The molecule has 3 rings (SSSR count). The molecule has 166 valence electrons. The van der Waals surface area contributed by atoms with Crippen molar-refractivity contribution in [3.63, 3.8) is 0 Å². The van der Waals surface area contributed by atoms with Crippen molar-refractivity contribution in [1.29, 1.82) is 0 Å². The van der Waals surface area contributed by atoms with Crippen LogP contribution in [-0.4, -0.2) is 32.4 Å². The lowest BCUT2D eigenvalue weighted by Gasteiger charge is -2.12. The number of hydrogen-bond donors (Lipinski definition) is 1. The Hall–Kier alpha value is -3.80. The minimum absolute atomic E-state index is 0.266. The van der Waals surface area contributed by atoms with E-state index in [2.05, 4.69) is 29.6 Å². The summed E-state index contributed by atoms with van der Waals surface area (Å²) in [6.07, 6.45) is 3.32. The molecule has 1 N–H and O–H groups in total. The highest BCUT2D eigenvalue weighted by atomic mass is 16.5. The number of benzene rings is 3. The van der Waals surface area contributed by atoms with Crippen LogP contribution in [0.4, 0.5) is 0 Å². The van der Waals surface area contributed by atoms with Gasteiger partial charge in [0.25, 0.3) is 5.91 Å². The topological polar surface area (TPSA) is 69.2 Å². The van der Waals surface area contributed by atoms with Crippen molar-refractivity contribution in [3.8, 4) is 17.2 Å². The van der Waals surface area contributed by atoms with Gasteiger partial charge in [-0.2, -0.15) is 5.10 Å². The van der Waals surface area contributed by atoms with Crippen molar-refractivity contribution in [3.05, 3.63) is 89.5 Å². The van der Waals surface area contributed by atoms with Crippen molar-refractivity contribution in [1.82, 2.24) is 5.43 Å². The molecule has 0 heterocycles. The second kappa shape index (κ2) is 12.2. The predicted octanol–water partition coefficient (Wildman–Crippen LogP) is 4.87. The Morgan fingerprint density at radius 2 is 1.69 bits per heavy atom. The van der Waals surface area contributed by atoms with Gasteiger partial charge in [-0.3, -0.25) is 4.79 Å². The number of carbonyl (C=O) groups is 1. The molecule has 6 nitrogen and oxygen atoms in total. The first-order valence-electron chi connectivity index (χ1n) is 10.6. The summed E-state index contributed by atoms with van der Waals surface area (Å²) in [5, 5.41) is 4.01. The van der Waals surface area contributed by atoms with Crippen LogP contribution in [0.2, 0.25) is 0 Å². The summed E-state index contributed by atoms with van der Waals surface area (Å²) in [4.78, 5) is 12.0. The zero-order valence-electron chi connectivity index (χ0n) is 18.4. The summed E-state index contributed by atoms with van der Waals surface area (Å²) < 4.78 is 17.0. The van der Waals surface area contributed by atoms with Crippen LogP contribution in [0, 0.1) is 0 Å². The third kappa shape index (κ3) is 6.87. The maximum Gasteiger partial charge on any atom is 0.271 e. The maximum atomic E-state index is 12.0. The number of rotatable bonds is 11. The number of hydrogen-bond acceptors (Lipinski definition) is 5. The van der Waals surface area contributed by atoms with Gasteiger partial charge < -0.3 is 14.2 Å². The fourth-order valence-corrected chi connectivity index (χ4v) is 2.96. The number of hydrazone groups is 1. The van der Waals surface area contributed by atoms with Gasteiger partial charge in [0.15, 0.2) is 11.5 Å². The minimum atomic E-state index is -0.266. The molecule has 0 bridgehead atoms. The molecule has 0 atom stereocenters. The molecule has 0 aliphatic heterocycles. The fraction of sp³-hybridized carbons (Fsp3) is 0.231. The highest BCUT2D eigenvalue weighted by Crippen LogP contribution is 2.27. The molecule has 0 spiro atoms. The van der Waals surface area contributed by atoms with E-state index in [-0.39, 0.29) is 5.91 Å². The van der Waals surface area contributed by atoms with Gasteiger partial charge >= 0.3 is 0 Å². The van der Waals surface area contributed by atoms with Crippen molar-refractivity contribution >= 4 is 12.1 Å². The second-order valence-corrected chi connectivity index (χ2v) is 7.02. The molecule has 0 aliphatic rings. The molecule has 0 radical (unpaired) electrons. The van der Waals surface area contributed by atoms with Crippen LogP contribution in [0.1, 0.15) is 34.8 Å². The van der Waals surface area contributed by atoms with Gasteiger partial charge in [0, 0.05) is 12.0 Å². The molecular weight excluding hydrogens is 404 g/mol. The van der Waals surface area contributed by atoms with E-state index in [1.807, 2.05) is 30.3 Å². The van der Waals surface area contributed by atoms with Crippen molar-refractivity contribution in [2.75, 3.05) is 20.3 Å². The van der Waals surface area contributed by atoms with E-state index in [0.717, 1.165) is 24.2 Å². The van der Waals surface area contributed by atoms with Gasteiger partial charge in [0.2, 0.25) is 0 Å². The Labute approximate surface area is 188 Å². The number of nitrogens with zero attached hydrogens (tertiary/aromatic N) is 1. The molecule has 0 aromatic heterocycles. The van der Waals surface area contributed by atoms with E-state index < -0.39 is 0 Å². The monoisotopic (exact) mass is 432 g/mol. The SMILES string of the molecule is CCc1ccc(OCCCOc2ccc(/C=N\NC(=O)c3ccccc3)cc2OC)cc1. The summed E-state index contributed by atoms with van der Waals surface area (Å²) in [6, 6.07) is 22.5. The van der Waals surface area contributed by atoms with Crippen LogP contribution in [0.15, 0.2) is 77.9 Å². The Morgan fingerprint density at radius 3 is 2.41 bits per heavy atom. The van der Waals surface area contributed by atoms with Gasteiger partial charge in [-0.25, -0.2) is 5.43 Å². The summed E-state index contributed by atoms with van der Waals surface area (Å²) in [5.74, 6) is 1.84. The molecule has 1 amide bonds. The lowest BCUT2D eigenvalue weighted by molar-refractivity contribution is 0.0955. The Balaban J connectivity index is 1.45. The van der Waals surface area contributed by atoms with Gasteiger partial charge in [0.1, 0.15) is 5.75 Å². The van der Waals surface area contributed by atoms with Crippen LogP contribution in [-0.2, 0) is 6.42 Å². The van der Waals surface area contributed by atoms with E-state index in [1.54, 1.807) is 43.7 Å². The number of carbonyl (C=O) groups excluding carboxylic acids is 1. The summed E-state index contributed by atoms with van der Waals surface area (Å²) in [5.41, 5.74) is 5.13. The number of ether oxygens (including phenoxy) is 3. The van der Waals surface area contributed by atoms with E-state index >= 15 is 0 Å². The lowest BCUT2D eigenvalue weighted by atomic mass is 10.2. The van der Waals surface area contributed by atoms with Crippen LogP contribution >= 0.6 is 0 Å². The first-order chi connectivity index (χ1) is 15.7. The molecule has 0 unspecified atom stereocenters. The van der Waals surface area contributed by atoms with E-state index in [4.69, 9.17) is 14.2 Å². The van der Waals surface area contributed by atoms with Crippen molar-refractivity contribution in [2.45, 2.75) is 19.8 Å². The van der Waals surface area contributed by atoms with Gasteiger partial charge in [-0.05, 0) is 60.0 Å². The first-order valence-corrected chi connectivity index (χ1v) is 10.6. The molecule has 3 aromatic rings. The minimum Gasteiger partial charge on any atom is -0.493 e.